The van der Waals surface area contributed by atoms with Crippen molar-refractivity contribution in [3.05, 3.63) is 28.8 Å². The lowest BCUT2D eigenvalue weighted by molar-refractivity contribution is 0.0690. The average molecular weight is 279 g/mol. The van der Waals surface area contributed by atoms with Crippen LogP contribution < -0.4 is 5.73 Å². The maximum absolute atomic E-state index is 12.6. The van der Waals surface area contributed by atoms with E-state index in [4.69, 9.17) is 17.3 Å². The summed E-state index contributed by atoms with van der Waals surface area (Å²) < 4.78 is 0. The Bertz CT molecular complexity index is 503. The minimum atomic E-state index is 0.108. The van der Waals surface area contributed by atoms with Crippen molar-refractivity contribution < 1.29 is 4.79 Å². The highest BCUT2D eigenvalue weighted by molar-refractivity contribution is 6.33. The van der Waals surface area contributed by atoms with Gasteiger partial charge < -0.3 is 10.6 Å². The second kappa shape index (κ2) is 5.04. The van der Waals surface area contributed by atoms with Gasteiger partial charge in [0.05, 0.1) is 10.7 Å². The summed E-state index contributed by atoms with van der Waals surface area (Å²) >= 11 is 6.01. The van der Waals surface area contributed by atoms with Crippen LogP contribution in [0.4, 0.5) is 5.69 Å². The summed E-state index contributed by atoms with van der Waals surface area (Å²) in [5, 5.41) is 0.463. The van der Waals surface area contributed by atoms with Gasteiger partial charge in [0.2, 0.25) is 0 Å². The third kappa shape index (κ3) is 2.32. The molecule has 4 heteroatoms. The van der Waals surface area contributed by atoms with Gasteiger partial charge in [0.1, 0.15) is 0 Å². The molecule has 0 radical (unpaired) electrons. The van der Waals surface area contributed by atoms with Crippen molar-refractivity contribution in [2.75, 3.05) is 12.3 Å². The molecule has 2 fully saturated rings. The number of hydrogen-bond acceptors (Lipinski definition) is 2. The number of carbonyl (C=O) groups excluding carboxylic acids is 1. The van der Waals surface area contributed by atoms with Crippen LogP contribution in [0.3, 0.4) is 0 Å². The minimum Gasteiger partial charge on any atom is -0.398 e. The van der Waals surface area contributed by atoms with E-state index in [-0.39, 0.29) is 5.91 Å². The number of fused-ring (bicyclic) bond motifs is 1. The number of nitrogen functional groups attached to an aromatic ring is 1. The highest BCUT2D eigenvalue weighted by atomic mass is 35.5. The standard InChI is InChI=1S/C15H19ClN2O/c16-12-9-11(5-6-13(12)17)15(19)18-8-7-10-3-1-2-4-14(10)18/h5-6,9-10,14H,1-4,7-8,17H2. The van der Waals surface area contributed by atoms with E-state index in [1.807, 2.05) is 4.90 Å². The molecule has 1 aliphatic carbocycles. The van der Waals surface area contributed by atoms with Crippen LogP contribution >= 0.6 is 11.6 Å². The van der Waals surface area contributed by atoms with Gasteiger partial charge in [-0.3, -0.25) is 4.79 Å². The van der Waals surface area contributed by atoms with Crippen LogP contribution in [-0.2, 0) is 0 Å². The maximum Gasteiger partial charge on any atom is 0.254 e. The number of hydrogen-bond donors (Lipinski definition) is 1. The summed E-state index contributed by atoms with van der Waals surface area (Å²) in [5.41, 5.74) is 6.87. The van der Waals surface area contributed by atoms with Gasteiger partial charge in [-0.05, 0) is 43.4 Å². The Balaban J connectivity index is 1.81. The van der Waals surface area contributed by atoms with Crippen LogP contribution in [0.1, 0.15) is 42.5 Å². The summed E-state index contributed by atoms with van der Waals surface area (Å²) in [4.78, 5) is 14.6. The zero-order valence-corrected chi connectivity index (χ0v) is 11.7. The van der Waals surface area contributed by atoms with Gasteiger partial charge in [0.25, 0.3) is 5.91 Å². The smallest absolute Gasteiger partial charge is 0.254 e. The van der Waals surface area contributed by atoms with Crippen LogP contribution in [0, 0.1) is 5.92 Å². The molecule has 1 amide bonds. The lowest BCUT2D eigenvalue weighted by Crippen LogP contribution is -2.39. The Morgan fingerprint density at radius 2 is 2.05 bits per heavy atom. The summed E-state index contributed by atoms with van der Waals surface area (Å²) in [6, 6.07) is 5.62. The summed E-state index contributed by atoms with van der Waals surface area (Å²) in [6.45, 7) is 0.885. The average Bonchev–Trinajstić information content (AvgIpc) is 2.85. The molecule has 2 N–H and O–H groups in total. The SMILES string of the molecule is Nc1ccc(C(=O)N2CCC3CCCCC32)cc1Cl. The molecule has 2 unspecified atom stereocenters. The zero-order valence-electron chi connectivity index (χ0n) is 10.9. The first-order chi connectivity index (χ1) is 9.16. The second-order valence-electron chi connectivity index (χ2n) is 5.64. The molecule has 19 heavy (non-hydrogen) atoms. The minimum absolute atomic E-state index is 0.108. The number of benzene rings is 1. The molecule has 1 saturated carbocycles. The van der Waals surface area contributed by atoms with Crippen molar-refractivity contribution in [3.63, 3.8) is 0 Å². The maximum atomic E-state index is 12.6. The van der Waals surface area contributed by atoms with Crippen molar-refractivity contribution in [1.82, 2.24) is 4.90 Å². The van der Waals surface area contributed by atoms with E-state index in [1.54, 1.807) is 18.2 Å². The molecule has 1 heterocycles. The van der Waals surface area contributed by atoms with Crippen LogP contribution in [-0.4, -0.2) is 23.4 Å². The Kier molecular flexibility index (Phi) is 3.40. The molecule has 1 aromatic carbocycles. The number of likely N-dealkylation sites (tertiary alicyclic amines) is 1. The molecule has 0 aromatic heterocycles. The first-order valence-corrected chi connectivity index (χ1v) is 7.40. The normalized spacial score (nSPS) is 26.3. The van der Waals surface area contributed by atoms with Gasteiger partial charge in [0.15, 0.2) is 0 Å². The van der Waals surface area contributed by atoms with Gasteiger partial charge >= 0.3 is 0 Å². The summed E-state index contributed by atoms with van der Waals surface area (Å²) in [7, 11) is 0. The van der Waals surface area contributed by atoms with E-state index < -0.39 is 0 Å². The van der Waals surface area contributed by atoms with Crippen LogP contribution in [0.25, 0.3) is 0 Å². The number of rotatable bonds is 1. The second-order valence-corrected chi connectivity index (χ2v) is 6.04. The van der Waals surface area contributed by atoms with Crippen LogP contribution in [0.2, 0.25) is 5.02 Å². The summed E-state index contributed by atoms with van der Waals surface area (Å²) in [6.07, 6.45) is 6.14. The van der Waals surface area contributed by atoms with Crippen molar-refractivity contribution >= 4 is 23.2 Å². The number of anilines is 1. The van der Waals surface area contributed by atoms with E-state index in [0.29, 0.717) is 28.2 Å². The lowest BCUT2D eigenvalue weighted by Gasteiger charge is -2.31. The number of carbonyl (C=O) groups is 1. The Hall–Kier alpha value is -1.22. The fourth-order valence-corrected chi connectivity index (χ4v) is 3.66. The van der Waals surface area contributed by atoms with E-state index in [1.165, 1.54) is 19.3 Å². The van der Waals surface area contributed by atoms with Gasteiger partial charge in [-0.25, -0.2) is 0 Å². The zero-order chi connectivity index (χ0) is 13.4. The third-order valence-electron chi connectivity index (χ3n) is 4.52. The molecule has 3 rings (SSSR count). The van der Waals surface area contributed by atoms with Crippen LogP contribution in [0.15, 0.2) is 18.2 Å². The molecule has 0 bridgehead atoms. The fourth-order valence-electron chi connectivity index (χ4n) is 3.48. The van der Waals surface area contributed by atoms with Crippen molar-refractivity contribution in [3.8, 4) is 0 Å². The molecule has 1 aliphatic heterocycles. The van der Waals surface area contributed by atoms with E-state index in [0.717, 1.165) is 19.4 Å². The fraction of sp³-hybridized carbons (Fsp3) is 0.533. The molecular formula is C15H19ClN2O. The Morgan fingerprint density at radius 3 is 2.84 bits per heavy atom. The highest BCUT2D eigenvalue weighted by Gasteiger charge is 2.38. The topological polar surface area (TPSA) is 46.3 Å². The number of nitrogens with zero attached hydrogens (tertiary/aromatic N) is 1. The van der Waals surface area contributed by atoms with Gasteiger partial charge in [-0.2, -0.15) is 0 Å². The highest BCUT2D eigenvalue weighted by Crippen LogP contribution is 2.37. The quantitative estimate of drug-likeness (QED) is 0.801. The Morgan fingerprint density at radius 1 is 1.26 bits per heavy atom. The van der Waals surface area contributed by atoms with Crippen LogP contribution in [0.5, 0.6) is 0 Å². The third-order valence-corrected chi connectivity index (χ3v) is 4.85. The predicted octanol–water partition coefficient (Wildman–Crippen LogP) is 3.33. The van der Waals surface area contributed by atoms with Gasteiger partial charge in [-0.15, -0.1) is 0 Å². The number of nitrogens with two attached hydrogens (primary N) is 1. The largest absolute Gasteiger partial charge is 0.398 e. The molecule has 1 aromatic rings. The summed E-state index contributed by atoms with van der Waals surface area (Å²) in [5.74, 6) is 0.818. The van der Waals surface area contributed by atoms with Crippen molar-refractivity contribution in [2.45, 2.75) is 38.1 Å². The monoisotopic (exact) mass is 278 g/mol. The molecule has 2 atom stereocenters. The molecule has 1 saturated heterocycles. The molecular weight excluding hydrogens is 260 g/mol. The first kappa shape index (κ1) is 12.8. The van der Waals surface area contributed by atoms with E-state index in [2.05, 4.69) is 0 Å². The number of halogens is 1. The van der Waals surface area contributed by atoms with Crippen molar-refractivity contribution in [2.24, 2.45) is 5.92 Å². The van der Waals surface area contributed by atoms with E-state index >= 15 is 0 Å². The van der Waals surface area contributed by atoms with Crippen molar-refractivity contribution in [1.29, 1.82) is 0 Å². The Labute approximate surface area is 118 Å². The van der Waals surface area contributed by atoms with E-state index in [9.17, 15) is 4.79 Å². The molecule has 102 valence electrons. The van der Waals surface area contributed by atoms with Gasteiger partial charge in [-0.1, -0.05) is 24.4 Å². The first-order valence-electron chi connectivity index (χ1n) is 7.03. The molecule has 3 nitrogen and oxygen atoms in total. The molecule has 0 spiro atoms. The lowest BCUT2D eigenvalue weighted by atomic mass is 9.85. The molecule has 2 aliphatic rings. The predicted molar refractivity (Wildman–Crippen MR) is 77.3 cm³/mol. The van der Waals surface area contributed by atoms with Gasteiger partial charge in [0, 0.05) is 18.2 Å². The number of amides is 1.